The summed E-state index contributed by atoms with van der Waals surface area (Å²) in [7, 11) is 0. The van der Waals surface area contributed by atoms with Crippen LogP contribution in [0.5, 0.6) is 0 Å². The maximum absolute atomic E-state index is 12.8. The van der Waals surface area contributed by atoms with E-state index in [-0.39, 0.29) is 12.1 Å². The number of carbonyl (C=O) groups excluding carboxylic acids is 1. The van der Waals surface area contributed by atoms with Gasteiger partial charge in [0, 0.05) is 41.1 Å². The van der Waals surface area contributed by atoms with E-state index in [9.17, 15) is 4.79 Å². The lowest BCUT2D eigenvalue weighted by atomic mass is 9.98. The number of pyridine rings is 2. The summed E-state index contributed by atoms with van der Waals surface area (Å²) in [6, 6.07) is 23.7. The molecular formula is C29H21N7O. The second-order valence-corrected chi connectivity index (χ2v) is 8.92. The molecule has 1 amide bonds. The number of nitrogens with zero attached hydrogens (tertiary/aromatic N) is 3. The molecule has 1 aliphatic rings. The number of rotatable bonds is 4. The van der Waals surface area contributed by atoms with Gasteiger partial charge in [0.15, 0.2) is 0 Å². The van der Waals surface area contributed by atoms with Crippen LogP contribution in [0.2, 0.25) is 0 Å². The quantitative estimate of drug-likeness (QED) is 0.246. The molecule has 0 unspecified atom stereocenters. The van der Waals surface area contributed by atoms with E-state index in [2.05, 4.69) is 60.4 Å². The Morgan fingerprint density at radius 1 is 0.784 bits per heavy atom. The van der Waals surface area contributed by atoms with Crippen molar-refractivity contribution in [1.82, 2.24) is 20.2 Å². The number of H-pyrrole nitrogens is 1. The summed E-state index contributed by atoms with van der Waals surface area (Å²) in [4.78, 5) is 21.3. The lowest BCUT2D eigenvalue weighted by molar-refractivity contribution is 0.102. The van der Waals surface area contributed by atoms with Crippen LogP contribution in [0.25, 0.3) is 32.8 Å². The fraction of sp³-hybridized carbons (Fsp3) is 0.0345. The number of benzene rings is 3. The first-order chi connectivity index (χ1) is 18.2. The lowest BCUT2D eigenvalue weighted by Gasteiger charge is -2.13. The smallest absolute Gasteiger partial charge is 0.257 e. The molecule has 3 aromatic carbocycles. The maximum Gasteiger partial charge on any atom is 0.257 e. The standard InChI is InChI=1S/C29H21N7O/c37-29(18-5-4-12-30-14-18)34-23-9-3-6-19-21(15-31-16-22(19)23)17-10-11-24-20(13-17)27(36-35-24)28-32-25-7-1-2-8-26(25)33-28/h1-16,28,32-33H,(H,34,37)(H,35,36). The Hall–Kier alpha value is -5.24. The van der Waals surface area contributed by atoms with Crippen molar-refractivity contribution in [3.05, 3.63) is 109 Å². The number of aromatic nitrogens is 4. The van der Waals surface area contributed by atoms with Gasteiger partial charge in [-0.25, -0.2) is 0 Å². The number of fused-ring (bicyclic) bond motifs is 3. The van der Waals surface area contributed by atoms with E-state index in [0.717, 1.165) is 49.9 Å². The average Bonchev–Trinajstić information content (AvgIpc) is 3.57. The Labute approximate surface area is 211 Å². The van der Waals surface area contributed by atoms with Gasteiger partial charge in [-0.15, -0.1) is 0 Å². The normalized spacial score (nSPS) is 12.8. The third-order valence-corrected chi connectivity index (χ3v) is 6.68. The van der Waals surface area contributed by atoms with Crippen LogP contribution in [-0.2, 0) is 0 Å². The Bertz CT molecular complexity index is 1770. The van der Waals surface area contributed by atoms with Crippen LogP contribution in [0.15, 0.2) is 97.6 Å². The summed E-state index contributed by atoms with van der Waals surface area (Å²) in [5, 5.41) is 20.7. The van der Waals surface area contributed by atoms with Crippen molar-refractivity contribution in [3.8, 4) is 11.1 Å². The predicted molar refractivity (Wildman–Crippen MR) is 145 cm³/mol. The summed E-state index contributed by atoms with van der Waals surface area (Å²) >= 11 is 0. The van der Waals surface area contributed by atoms with E-state index in [4.69, 9.17) is 0 Å². The SMILES string of the molecule is O=C(Nc1cccc2c(-c3ccc4[nH]nc(C5Nc6ccccc6N5)c4c3)cncc12)c1cccnc1. The molecule has 0 saturated heterocycles. The molecule has 0 bridgehead atoms. The van der Waals surface area contributed by atoms with Crippen molar-refractivity contribution in [3.63, 3.8) is 0 Å². The first-order valence-electron chi connectivity index (χ1n) is 11.9. The minimum Gasteiger partial charge on any atom is -0.359 e. The minimum absolute atomic E-state index is 0.138. The monoisotopic (exact) mass is 483 g/mol. The second-order valence-electron chi connectivity index (χ2n) is 8.92. The molecule has 0 atom stereocenters. The highest BCUT2D eigenvalue weighted by Gasteiger charge is 2.24. The molecule has 7 rings (SSSR count). The van der Waals surface area contributed by atoms with Crippen LogP contribution in [0.4, 0.5) is 17.1 Å². The Morgan fingerprint density at radius 2 is 1.65 bits per heavy atom. The Balaban J connectivity index is 1.27. The molecule has 6 aromatic rings. The van der Waals surface area contributed by atoms with E-state index in [1.54, 1.807) is 30.7 Å². The van der Waals surface area contributed by atoms with Crippen LogP contribution in [0, 0.1) is 0 Å². The summed E-state index contributed by atoms with van der Waals surface area (Å²) < 4.78 is 0. The Kier molecular flexibility index (Phi) is 4.82. The number of aromatic amines is 1. The van der Waals surface area contributed by atoms with Crippen LogP contribution in [-0.4, -0.2) is 26.1 Å². The molecular weight excluding hydrogens is 462 g/mol. The van der Waals surface area contributed by atoms with Gasteiger partial charge in [-0.3, -0.25) is 19.9 Å². The Morgan fingerprint density at radius 3 is 2.46 bits per heavy atom. The summed E-state index contributed by atoms with van der Waals surface area (Å²) in [6.45, 7) is 0. The van der Waals surface area contributed by atoms with Gasteiger partial charge in [0.1, 0.15) is 11.9 Å². The number of amides is 1. The van der Waals surface area contributed by atoms with E-state index >= 15 is 0 Å². The first kappa shape index (κ1) is 21.1. The van der Waals surface area contributed by atoms with E-state index in [1.165, 1.54) is 0 Å². The van der Waals surface area contributed by atoms with Gasteiger partial charge in [-0.1, -0.05) is 30.3 Å². The molecule has 0 spiro atoms. The van der Waals surface area contributed by atoms with Crippen molar-refractivity contribution in [2.24, 2.45) is 0 Å². The summed E-state index contributed by atoms with van der Waals surface area (Å²) in [6.07, 6.45) is 6.70. The van der Waals surface area contributed by atoms with Crippen LogP contribution in [0.3, 0.4) is 0 Å². The van der Waals surface area contributed by atoms with Gasteiger partial charge in [0.05, 0.1) is 28.1 Å². The average molecular weight is 484 g/mol. The highest BCUT2D eigenvalue weighted by atomic mass is 16.1. The molecule has 4 N–H and O–H groups in total. The molecule has 8 nitrogen and oxygen atoms in total. The van der Waals surface area contributed by atoms with Gasteiger partial charge in [0.25, 0.3) is 5.91 Å². The number of anilines is 3. The fourth-order valence-electron chi connectivity index (χ4n) is 4.87. The van der Waals surface area contributed by atoms with Crippen molar-refractivity contribution in [1.29, 1.82) is 0 Å². The number of hydrogen-bond acceptors (Lipinski definition) is 6. The molecule has 1 aliphatic heterocycles. The predicted octanol–water partition coefficient (Wildman–Crippen LogP) is 5.96. The third-order valence-electron chi connectivity index (χ3n) is 6.68. The van der Waals surface area contributed by atoms with Crippen molar-refractivity contribution in [2.75, 3.05) is 16.0 Å². The third kappa shape index (κ3) is 3.63. The highest BCUT2D eigenvalue weighted by molar-refractivity contribution is 6.11. The summed E-state index contributed by atoms with van der Waals surface area (Å²) in [5.74, 6) is -0.215. The number of carbonyl (C=O) groups is 1. The van der Waals surface area contributed by atoms with Gasteiger partial charge in [-0.2, -0.15) is 5.10 Å². The minimum atomic E-state index is -0.215. The molecule has 3 aromatic heterocycles. The van der Waals surface area contributed by atoms with Gasteiger partial charge in [0.2, 0.25) is 0 Å². The van der Waals surface area contributed by atoms with E-state index in [0.29, 0.717) is 11.3 Å². The largest absolute Gasteiger partial charge is 0.359 e. The molecule has 0 saturated carbocycles. The number of para-hydroxylation sites is 2. The topological polar surface area (TPSA) is 108 Å². The summed E-state index contributed by atoms with van der Waals surface area (Å²) in [5.41, 5.74) is 7.14. The van der Waals surface area contributed by atoms with Crippen LogP contribution >= 0.6 is 0 Å². The van der Waals surface area contributed by atoms with Crippen molar-refractivity contribution < 1.29 is 4.79 Å². The lowest BCUT2D eigenvalue weighted by Crippen LogP contribution is -2.12. The maximum atomic E-state index is 12.8. The molecule has 8 heteroatoms. The van der Waals surface area contributed by atoms with Gasteiger partial charge in [-0.05, 0) is 53.4 Å². The zero-order valence-corrected chi connectivity index (χ0v) is 19.6. The molecule has 37 heavy (non-hydrogen) atoms. The molecule has 0 aliphatic carbocycles. The highest BCUT2D eigenvalue weighted by Crippen LogP contribution is 2.38. The van der Waals surface area contributed by atoms with Gasteiger partial charge < -0.3 is 16.0 Å². The zero-order valence-electron chi connectivity index (χ0n) is 19.6. The molecule has 4 heterocycles. The second kappa shape index (κ2) is 8.46. The number of nitrogens with one attached hydrogen (secondary N) is 4. The molecule has 0 radical (unpaired) electrons. The van der Waals surface area contributed by atoms with Crippen molar-refractivity contribution in [2.45, 2.75) is 6.17 Å². The van der Waals surface area contributed by atoms with Crippen molar-refractivity contribution >= 4 is 44.6 Å². The molecule has 0 fully saturated rings. The fourth-order valence-corrected chi connectivity index (χ4v) is 4.87. The first-order valence-corrected chi connectivity index (χ1v) is 11.9. The van der Waals surface area contributed by atoms with E-state index < -0.39 is 0 Å². The van der Waals surface area contributed by atoms with E-state index in [1.807, 2.05) is 42.6 Å². The zero-order chi connectivity index (χ0) is 24.8. The van der Waals surface area contributed by atoms with Gasteiger partial charge >= 0.3 is 0 Å². The van der Waals surface area contributed by atoms with Crippen LogP contribution < -0.4 is 16.0 Å². The number of hydrogen-bond donors (Lipinski definition) is 4. The molecule has 178 valence electrons. The van der Waals surface area contributed by atoms with Crippen LogP contribution in [0.1, 0.15) is 22.2 Å².